The summed E-state index contributed by atoms with van der Waals surface area (Å²) < 4.78 is 0. The molecule has 1 fully saturated rings. The zero-order valence-corrected chi connectivity index (χ0v) is 9.20. The Bertz CT molecular complexity index is 218. The summed E-state index contributed by atoms with van der Waals surface area (Å²) in [5.74, 6) is 0.988. The molecule has 0 radical (unpaired) electrons. The number of aliphatic carboxylic acids is 1. The smallest absolute Gasteiger partial charge is 0.324 e. The average Bonchev–Trinajstić information content (AvgIpc) is 2.02. The molecule has 1 heterocycles. The number of carboxylic acid groups (broad SMARTS) is 1. The molecule has 0 aromatic rings. The van der Waals surface area contributed by atoms with Gasteiger partial charge in [0, 0.05) is 5.75 Å². The van der Waals surface area contributed by atoms with E-state index in [1.807, 2.05) is 0 Å². The second-order valence-electron chi connectivity index (χ2n) is 4.47. The van der Waals surface area contributed by atoms with Gasteiger partial charge in [0.1, 0.15) is 5.54 Å². The maximum atomic E-state index is 11.1. The van der Waals surface area contributed by atoms with E-state index in [1.54, 1.807) is 18.8 Å². The molecule has 1 aliphatic heterocycles. The summed E-state index contributed by atoms with van der Waals surface area (Å²) in [5, 5.41) is 12.1. The first-order valence-corrected chi connectivity index (χ1v) is 5.57. The van der Waals surface area contributed by atoms with E-state index in [9.17, 15) is 4.79 Å². The predicted molar refractivity (Wildman–Crippen MR) is 55.1 cm³/mol. The van der Waals surface area contributed by atoms with E-state index in [2.05, 4.69) is 19.2 Å². The highest BCUT2D eigenvalue weighted by molar-refractivity contribution is 7.99. The van der Waals surface area contributed by atoms with E-state index in [-0.39, 0.29) is 5.41 Å². The van der Waals surface area contributed by atoms with Crippen LogP contribution in [-0.2, 0) is 4.79 Å². The number of nitrogens with one attached hydrogen (secondary N) is 1. The van der Waals surface area contributed by atoms with Crippen LogP contribution in [0.2, 0.25) is 0 Å². The topological polar surface area (TPSA) is 49.3 Å². The molecule has 0 amide bonds. The molecule has 13 heavy (non-hydrogen) atoms. The van der Waals surface area contributed by atoms with Gasteiger partial charge in [-0.1, -0.05) is 13.8 Å². The monoisotopic (exact) mass is 203 g/mol. The summed E-state index contributed by atoms with van der Waals surface area (Å²) in [5.41, 5.74) is -0.600. The maximum absolute atomic E-state index is 11.1. The van der Waals surface area contributed by atoms with Gasteiger partial charge in [-0.05, 0) is 24.6 Å². The SMILES string of the molecule is CNC1(C(=O)O)CSCC(C)(C)C1. The average molecular weight is 203 g/mol. The van der Waals surface area contributed by atoms with Gasteiger partial charge in [-0.15, -0.1) is 0 Å². The van der Waals surface area contributed by atoms with Crippen LogP contribution in [0.15, 0.2) is 0 Å². The summed E-state index contributed by atoms with van der Waals surface area (Å²) in [6, 6.07) is 0. The summed E-state index contributed by atoms with van der Waals surface area (Å²) in [7, 11) is 1.73. The van der Waals surface area contributed by atoms with Gasteiger partial charge in [0.2, 0.25) is 0 Å². The number of carbonyl (C=O) groups is 1. The Morgan fingerprint density at radius 3 is 2.38 bits per heavy atom. The summed E-state index contributed by atoms with van der Waals surface area (Å²) in [4.78, 5) is 11.1. The van der Waals surface area contributed by atoms with Crippen LogP contribution in [0.1, 0.15) is 20.3 Å². The second kappa shape index (κ2) is 3.50. The first-order chi connectivity index (χ1) is 5.92. The molecule has 0 aromatic heterocycles. The van der Waals surface area contributed by atoms with Gasteiger partial charge in [-0.2, -0.15) is 11.8 Å². The number of thioether (sulfide) groups is 1. The first-order valence-electron chi connectivity index (χ1n) is 4.42. The van der Waals surface area contributed by atoms with Crippen molar-refractivity contribution in [2.75, 3.05) is 18.6 Å². The molecule has 3 nitrogen and oxygen atoms in total. The lowest BCUT2D eigenvalue weighted by atomic mass is 9.80. The van der Waals surface area contributed by atoms with Crippen molar-refractivity contribution >= 4 is 17.7 Å². The van der Waals surface area contributed by atoms with Crippen LogP contribution >= 0.6 is 11.8 Å². The van der Waals surface area contributed by atoms with Gasteiger partial charge in [0.05, 0.1) is 0 Å². The quantitative estimate of drug-likeness (QED) is 0.708. The Balaban J connectivity index is 2.82. The molecule has 1 saturated heterocycles. The lowest BCUT2D eigenvalue weighted by Crippen LogP contribution is -2.57. The minimum Gasteiger partial charge on any atom is -0.480 e. The highest BCUT2D eigenvalue weighted by Crippen LogP contribution is 2.39. The maximum Gasteiger partial charge on any atom is 0.324 e. The Kier molecular flexibility index (Phi) is 2.92. The molecular weight excluding hydrogens is 186 g/mol. The summed E-state index contributed by atoms with van der Waals surface area (Å²) >= 11 is 1.72. The molecule has 0 spiro atoms. The Morgan fingerprint density at radius 2 is 2.08 bits per heavy atom. The number of hydrogen-bond donors (Lipinski definition) is 2. The van der Waals surface area contributed by atoms with Crippen molar-refractivity contribution in [1.82, 2.24) is 5.32 Å². The number of carboxylic acids is 1. The molecule has 1 rings (SSSR count). The van der Waals surface area contributed by atoms with Gasteiger partial charge >= 0.3 is 5.97 Å². The van der Waals surface area contributed by atoms with Gasteiger partial charge in [0.15, 0.2) is 0 Å². The molecule has 2 N–H and O–H groups in total. The van der Waals surface area contributed by atoms with Gasteiger partial charge < -0.3 is 10.4 Å². The lowest BCUT2D eigenvalue weighted by Gasteiger charge is -2.41. The highest BCUT2D eigenvalue weighted by Gasteiger charge is 2.45. The number of hydrogen-bond acceptors (Lipinski definition) is 3. The highest BCUT2D eigenvalue weighted by atomic mass is 32.2. The molecular formula is C9H17NO2S. The van der Waals surface area contributed by atoms with Crippen LogP contribution in [0, 0.1) is 5.41 Å². The Labute approximate surface area is 83.3 Å². The van der Waals surface area contributed by atoms with Crippen molar-refractivity contribution in [3.8, 4) is 0 Å². The van der Waals surface area contributed by atoms with Crippen LogP contribution in [0.5, 0.6) is 0 Å². The third-order valence-corrected chi connectivity index (χ3v) is 4.19. The third kappa shape index (κ3) is 2.17. The van der Waals surface area contributed by atoms with Gasteiger partial charge in [-0.3, -0.25) is 4.79 Å². The molecule has 0 aliphatic carbocycles. The second-order valence-corrected chi connectivity index (χ2v) is 5.46. The van der Waals surface area contributed by atoms with Crippen molar-refractivity contribution in [1.29, 1.82) is 0 Å². The number of rotatable bonds is 2. The summed E-state index contributed by atoms with van der Waals surface area (Å²) in [6.45, 7) is 4.24. The normalized spacial score (nSPS) is 32.8. The Morgan fingerprint density at radius 1 is 1.46 bits per heavy atom. The fourth-order valence-electron chi connectivity index (χ4n) is 1.83. The van der Waals surface area contributed by atoms with Crippen LogP contribution in [0.25, 0.3) is 0 Å². The molecule has 4 heteroatoms. The van der Waals surface area contributed by atoms with Crippen molar-refractivity contribution in [3.63, 3.8) is 0 Å². The van der Waals surface area contributed by atoms with Crippen LogP contribution < -0.4 is 5.32 Å². The van der Waals surface area contributed by atoms with E-state index in [0.717, 1.165) is 5.75 Å². The molecule has 0 bridgehead atoms. The first kappa shape index (κ1) is 10.9. The van der Waals surface area contributed by atoms with E-state index in [0.29, 0.717) is 12.2 Å². The standard InChI is InChI=1S/C9H17NO2S/c1-8(2)4-9(10-3,7(11)12)6-13-5-8/h10H,4-6H2,1-3H3,(H,11,12). The molecule has 1 aliphatic rings. The Hall–Kier alpha value is -0.220. The van der Waals surface area contributed by atoms with E-state index in [1.165, 1.54) is 0 Å². The van der Waals surface area contributed by atoms with Crippen LogP contribution in [0.4, 0.5) is 0 Å². The third-order valence-electron chi connectivity index (χ3n) is 2.51. The van der Waals surface area contributed by atoms with Crippen molar-refractivity contribution in [3.05, 3.63) is 0 Å². The van der Waals surface area contributed by atoms with E-state index in [4.69, 9.17) is 5.11 Å². The van der Waals surface area contributed by atoms with Gasteiger partial charge in [0.25, 0.3) is 0 Å². The zero-order valence-electron chi connectivity index (χ0n) is 8.39. The van der Waals surface area contributed by atoms with Crippen molar-refractivity contribution in [2.45, 2.75) is 25.8 Å². The van der Waals surface area contributed by atoms with Crippen molar-refractivity contribution < 1.29 is 9.90 Å². The van der Waals surface area contributed by atoms with E-state index >= 15 is 0 Å². The fraction of sp³-hybridized carbons (Fsp3) is 0.889. The van der Waals surface area contributed by atoms with Crippen LogP contribution in [0.3, 0.4) is 0 Å². The largest absolute Gasteiger partial charge is 0.480 e. The molecule has 0 saturated carbocycles. The molecule has 76 valence electrons. The summed E-state index contributed by atoms with van der Waals surface area (Å²) in [6.07, 6.45) is 0.707. The molecule has 0 aromatic carbocycles. The number of likely N-dealkylation sites (N-methyl/N-ethyl adjacent to an activating group) is 1. The molecule has 1 unspecified atom stereocenters. The minimum atomic E-state index is -0.727. The minimum absolute atomic E-state index is 0.115. The molecule has 1 atom stereocenters. The fourth-order valence-corrected chi connectivity index (χ4v) is 3.30. The zero-order chi connectivity index (χ0) is 10.1. The van der Waals surface area contributed by atoms with Crippen LogP contribution in [-0.4, -0.2) is 35.2 Å². The lowest BCUT2D eigenvalue weighted by molar-refractivity contribution is -0.145. The van der Waals surface area contributed by atoms with E-state index < -0.39 is 11.5 Å². The van der Waals surface area contributed by atoms with Crippen molar-refractivity contribution in [2.24, 2.45) is 5.41 Å². The van der Waals surface area contributed by atoms with Gasteiger partial charge in [-0.25, -0.2) is 0 Å². The predicted octanol–water partition coefficient (Wildman–Crippen LogP) is 1.19.